The van der Waals surface area contributed by atoms with Crippen molar-refractivity contribution in [3.8, 4) is 0 Å². The minimum atomic E-state index is -3.64. The molecule has 0 radical (unpaired) electrons. The lowest BCUT2D eigenvalue weighted by atomic mass is 10.1. The molecule has 13 heavy (non-hydrogen) atoms. The van der Waals surface area contributed by atoms with Crippen LogP contribution in [0.2, 0.25) is 0 Å². The highest BCUT2D eigenvalue weighted by molar-refractivity contribution is 7.89. The minimum Gasteiger partial charge on any atom is -0.260 e. The van der Waals surface area contributed by atoms with Gasteiger partial charge in [-0.05, 0) is 31.9 Å². The summed E-state index contributed by atoms with van der Waals surface area (Å²) in [5.41, 5.74) is 2.37. The largest absolute Gasteiger partial charge is 0.260 e. The predicted molar refractivity (Wildman–Crippen MR) is 49.8 cm³/mol. The van der Waals surface area contributed by atoms with Gasteiger partial charge in [-0.3, -0.25) is 4.98 Å². The Labute approximate surface area is 77.8 Å². The molecule has 0 aliphatic heterocycles. The summed E-state index contributed by atoms with van der Waals surface area (Å²) in [6.45, 7) is 5.38. The van der Waals surface area contributed by atoms with E-state index in [1.807, 2.05) is 13.8 Å². The Morgan fingerprint density at radius 1 is 1.23 bits per heavy atom. The zero-order chi connectivity index (χ0) is 10.2. The molecule has 1 aromatic heterocycles. The fourth-order valence-electron chi connectivity index (χ4n) is 1.09. The fourth-order valence-corrected chi connectivity index (χ4v) is 1.87. The van der Waals surface area contributed by atoms with Crippen LogP contribution < -0.4 is 5.14 Å². The third-order valence-electron chi connectivity index (χ3n) is 2.16. The molecular formula is C8H12N2O2S. The van der Waals surface area contributed by atoms with Crippen LogP contribution in [0.25, 0.3) is 0 Å². The second kappa shape index (κ2) is 3.08. The van der Waals surface area contributed by atoms with Crippen LogP contribution in [0, 0.1) is 20.8 Å². The maximum absolute atomic E-state index is 11.1. The van der Waals surface area contributed by atoms with Gasteiger partial charge in [0.1, 0.15) is 4.90 Å². The van der Waals surface area contributed by atoms with Crippen molar-refractivity contribution in [2.24, 2.45) is 5.14 Å². The molecule has 0 saturated heterocycles. The number of primary sulfonamides is 1. The molecule has 1 rings (SSSR count). The second-order valence-electron chi connectivity index (χ2n) is 3.00. The Hall–Kier alpha value is -0.940. The number of rotatable bonds is 1. The van der Waals surface area contributed by atoms with Crippen molar-refractivity contribution in [3.63, 3.8) is 0 Å². The highest BCUT2D eigenvalue weighted by atomic mass is 32.2. The van der Waals surface area contributed by atoms with Gasteiger partial charge < -0.3 is 0 Å². The maximum atomic E-state index is 11.1. The van der Waals surface area contributed by atoms with Crippen molar-refractivity contribution in [2.75, 3.05) is 0 Å². The molecule has 0 amide bonds. The number of aryl methyl sites for hydroxylation is 1. The van der Waals surface area contributed by atoms with Gasteiger partial charge in [0.2, 0.25) is 10.0 Å². The Kier molecular flexibility index (Phi) is 2.40. The average Bonchev–Trinajstić information content (AvgIpc) is 1.98. The first-order chi connectivity index (χ1) is 5.84. The van der Waals surface area contributed by atoms with E-state index < -0.39 is 10.0 Å². The number of aromatic nitrogens is 1. The van der Waals surface area contributed by atoms with Gasteiger partial charge in [0.25, 0.3) is 0 Å². The summed E-state index contributed by atoms with van der Waals surface area (Å²) < 4.78 is 22.1. The quantitative estimate of drug-likeness (QED) is 0.723. The van der Waals surface area contributed by atoms with Crippen molar-refractivity contribution >= 4 is 10.0 Å². The highest BCUT2D eigenvalue weighted by Gasteiger charge is 2.14. The van der Waals surface area contributed by atoms with Crippen LogP contribution in [0.4, 0.5) is 0 Å². The van der Waals surface area contributed by atoms with Crippen molar-refractivity contribution in [2.45, 2.75) is 25.7 Å². The van der Waals surface area contributed by atoms with Crippen molar-refractivity contribution in [3.05, 3.63) is 23.0 Å². The van der Waals surface area contributed by atoms with Gasteiger partial charge in [0.05, 0.1) is 0 Å². The molecule has 0 spiro atoms. The summed E-state index contributed by atoms with van der Waals surface area (Å²) in [7, 11) is -3.64. The number of sulfonamides is 1. The van der Waals surface area contributed by atoms with Crippen LogP contribution in [-0.4, -0.2) is 13.4 Å². The minimum absolute atomic E-state index is 0.107. The van der Waals surface area contributed by atoms with Crippen LogP contribution in [0.3, 0.4) is 0 Å². The molecule has 1 aromatic rings. The monoisotopic (exact) mass is 200 g/mol. The summed E-state index contributed by atoms with van der Waals surface area (Å²) in [4.78, 5) is 4.05. The molecule has 0 atom stereocenters. The third kappa shape index (κ3) is 1.87. The first-order valence-electron chi connectivity index (χ1n) is 3.79. The molecule has 0 bridgehead atoms. The molecule has 72 valence electrons. The predicted octanol–water partition coefficient (Wildman–Crippen LogP) is 0.654. The molecule has 0 aliphatic carbocycles. The van der Waals surface area contributed by atoms with Crippen LogP contribution in [0.5, 0.6) is 0 Å². The summed E-state index contributed by atoms with van der Waals surface area (Å²) in [5, 5.41) is 5.01. The molecule has 0 aromatic carbocycles. The molecular weight excluding hydrogens is 188 g/mol. The molecule has 5 heteroatoms. The highest BCUT2D eigenvalue weighted by Crippen LogP contribution is 2.17. The van der Waals surface area contributed by atoms with Gasteiger partial charge >= 0.3 is 0 Å². The van der Waals surface area contributed by atoms with E-state index in [9.17, 15) is 8.42 Å². The third-order valence-corrected chi connectivity index (χ3v) is 3.18. The maximum Gasteiger partial charge on any atom is 0.239 e. The SMILES string of the molecule is Cc1ncc(S(N)(=O)=O)c(C)c1C. The molecule has 0 aliphatic rings. The van der Waals surface area contributed by atoms with E-state index in [0.29, 0.717) is 5.56 Å². The summed E-state index contributed by atoms with van der Waals surface area (Å²) in [5.74, 6) is 0. The van der Waals surface area contributed by atoms with E-state index in [1.165, 1.54) is 6.20 Å². The van der Waals surface area contributed by atoms with Gasteiger partial charge in [-0.15, -0.1) is 0 Å². The lowest BCUT2D eigenvalue weighted by molar-refractivity contribution is 0.596. The number of nitrogens with zero attached hydrogens (tertiary/aromatic N) is 1. The molecule has 0 fully saturated rings. The number of hydrogen-bond acceptors (Lipinski definition) is 3. The Morgan fingerprint density at radius 2 is 1.77 bits per heavy atom. The lowest BCUT2D eigenvalue weighted by Gasteiger charge is -2.07. The summed E-state index contributed by atoms with van der Waals surface area (Å²) in [6, 6.07) is 0. The molecule has 0 saturated carbocycles. The summed E-state index contributed by atoms with van der Waals surface area (Å²) >= 11 is 0. The molecule has 0 unspecified atom stereocenters. The van der Waals surface area contributed by atoms with Crippen LogP contribution >= 0.6 is 0 Å². The second-order valence-corrected chi connectivity index (χ2v) is 4.53. The van der Waals surface area contributed by atoms with Crippen LogP contribution in [0.15, 0.2) is 11.1 Å². The lowest BCUT2D eigenvalue weighted by Crippen LogP contribution is -2.15. The fraction of sp³-hybridized carbons (Fsp3) is 0.375. The van der Waals surface area contributed by atoms with Crippen molar-refractivity contribution < 1.29 is 8.42 Å². The topological polar surface area (TPSA) is 73.0 Å². The van der Waals surface area contributed by atoms with Gasteiger partial charge in [-0.25, -0.2) is 13.6 Å². The number of nitrogens with two attached hydrogens (primary N) is 1. The van der Waals surface area contributed by atoms with Crippen LogP contribution in [-0.2, 0) is 10.0 Å². The Morgan fingerprint density at radius 3 is 2.23 bits per heavy atom. The van der Waals surface area contributed by atoms with Gasteiger partial charge in [-0.1, -0.05) is 0 Å². The van der Waals surface area contributed by atoms with Crippen molar-refractivity contribution in [1.82, 2.24) is 4.98 Å². The van der Waals surface area contributed by atoms with E-state index in [-0.39, 0.29) is 4.90 Å². The molecule has 2 N–H and O–H groups in total. The Balaban J connectivity index is 3.53. The zero-order valence-corrected chi connectivity index (χ0v) is 8.64. The Bertz CT molecular complexity index is 438. The van der Waals surface area contributed by atoms with E-state index in [2.05, 4.69) is 4.98 Å². The number of pyridine rings is 1. The van der Waals surface area contributed by atoms with Gasteiger partial charge in [-0.2, -0.15) is 0 Å². The van der Waals surface area contributed by atoms with E-state index >= 15 is 0 Å². The van der Waals surface area contributed by atoms with E-state index in [1.54, 1.807) is 6.92 Å². The van der Waals surface area contributed by atoms with E-state index in [0.717, 1.165) is 11.3 Å². The first-order valence-corrected chi connectivity index (χ1v) is 5.34. The zero-order valence-electron chi connectivity index (χ0n) is 7.83. The summed E-state index contributed by atoms with van der Waals surface area (Å²) in [6.07, 6.45) is 1.30. The smallest absolute Gasteiger partial charge is 0.239 e. The van der Waals surface area contributed by atoms with Crippen LogP contribution in [0.1, 0.15) is 16.8 Å². The first kappa shape index (κ1) is 10.1. The molecule has 4 nitrogen and oxygen atoms in total. The van der Waals surface area contributed by atoms with Gasteiger partial charge in [0.15, 0.2) is 0 Å². The molecule has 1 heterocycles. The normalized spacial score (nSPS) is 11.7. The van der Waals surface area contributed by atoms with Crippen molar-refractivity contribution in [1.29, 1.82) is 0 Å². The average molecular weight is 200 g/mol. The number of hydrogen-bond donors (Lipinski definition) is 1. The van der Waals surface area contributed by atoms with Gasteiger partial charge in [0, 0.05) is 11.9 Å². The standard InChI is InChI=1S/C8H12N2O2S/c1-5-6(2)8(13(9,11)12)4-10-7(5)3/h4H,1-3H3,(H2,9,11,12). The van der Waals surface area contributed by atoms with E-state index in [4.69, 9.17) is 5.14 Å².